The summed E-state index contributed by atoms with van der Waals surface area (Å²) < 4.78 is 5.25. The molecule has 2 amide bonds. The molecule has 4 rings (SSSR count). The smallest absolute Gasteiger partial charge is 0.263 e. The third kappa shape index (κ3) is 4.63. The van der Waals surface area contributed by atoms with Gasteiger partial charge >= 0.3 is 0 Å². The standard InChI is InChI=1S/C22H20Cl2N4O3S2/c1-9-6-7-11-14(8-9)33-21(16(11)19(25)29)27-22(32)26-20(30)15-10(2)31-28-18(15)17-12(23)4-3-5-13(17)24/h3-5,9H,6-8H2,1-2H3,(H2,25,29)(H2,26,27,30,32)/t9-/m0/s1. The van der Waals surface area contributed by atoms with Crippen molar-refractivity contribution in [1.29, 1.82) is 0 Å². The highest BCUT2D eigenvalue weighted by Crippen LogP contribution is 2.40. The van der Waals surface area contributed by atoms with Crippen LogP contribution >= 0.6 is 46.8 Å². The summed E-state index contributed by atoms with van der Waals surface area (Å²) in [7, 11) is 0. The Balaban J connectivity index is 1.59. The third-order valence-electron chi connectivity index (χ3n) is 5.50. The molecule has 2 aromatic heterocycles. The Hall–Kier alpha value is -2.46. The first kappa shape index (κ1) is 23.7. The van der Waals surface area contributed by atoms with Crippen molar-refractivity contribution in [3.63, 3.8) is 0 Å². The largest absolute Gasteiger partial charge is 0.365 e. The van der Waals surface area contributed by atoms with Gasteiger partial charge in [-0.15, -0.1) is 11.3 Å². The predicted molar refractivity (Wildman–Crippen MR) is 134 cm³/mol. The number of hydrogen-bond acceptors (Lipinski definition) is 6. The van der Waals surface area contributed by atoms with Gasteiger partial charge in [0.25, 0.3) is 11.8 Å². The molecule has 11 heteroatoms. The minimum Gasteiger partial charge on any atom is -0.365 e. The van der Waals surface area contributed by atoms with E-state index in [0.717, 1.165) is 29.7 Å². The number of thiocarbonyl (C=S) groups is 1. The average Bonchev–Trinajstić information content (AvgIpc) is 3.27. The van der Waals surface area contributed by atoms with Crippen LogP contribution in [0.3, 0.4) is 0 Å². The maximum Gasteiger partial charge on any atom is 0.263 e. The number of anilines is 1. The monoisotopic (exact) mass is 522 g/mol. The second-order valence-electron chi connectivity index (χ2n) is 7.89. The van der Waals surface area contributed by atoms with Crippen LogP contribution in [0, 0.1) is 12.8 Å². The van der Waals surface area contributed by atoms with Crippen molar-refractivity contribution >= 4 is 68.7 Å². The zero-order valence-corrected chi connectivity index (χ0v) is 20.9. The van der Waals surface area contributed by atoms with Gasteiger partial charge in [-0.2, -0.15) is 0 Å². The summed E-state index contributed by atoms with van der Waals surface area (Å²) in [5.74, 6) is -0.264. The van der Waals surface area contributed by atoms with E-state index >= 15 is 0 Å². The molecule has 3 aromatic rings. The maximum atomic E-state index is 13.1. The number of aromatic nitrogens is 1. The van der Waals surface area contributed by atoms with Gasteiger partial charge in [0.1, 0.15) is 22.0 Å². The van der Waals surface area contributed by atoms with Gasteiger partial charge in [-0.3, -0.25) is 14.9 Å². The molecule has 2 heterocycles. The molecule has 0 aliphatic heterocycles. The Morgan fingerprint density at radius 3 is 2.64 bits per heavy atom. The molecule has 1 atom stereocenters. The molecule has 0 saturated heterocycles. The molecule has 0 bridgehead atoms. The van der Waals surface area contributed by atoms with E-state index in [1.807, 2.05) is 0 Å². The van der Waals surface area contributed by atoms with Crippen molar-refractivity contribution in [2.75, 3.05) is 5.32 Å². The van der Waals surface area contributed by atoms with E-state index in [2.05, 4.69) is 22.7 Å². The molecule has 172 valence electrons. The zero-order chi connectivity index (χ0) is 23.9. The van der Waals surface area contributed by atoms with E-state index < -0.39 is 11.8 Å². The van der Waals surface area contributed by atoms with E-state index in [4.69, 9.17) is 45.7 Å². The lowest BCUT2D eigenvalue weighted by Gasteiger charge is -2.18. The Kier molecular flexibility index (Phi) is 6.76. The summed E-state index contributed by atoms with van der Waals surface area (Å²) >= 11 is 19.4. The van der Waals surface area contributed by atoms with Crippen molar-refractivity contribution in [2.45, 2.75) is 33.1 Å². The SMILES string of the molecule is Cc1onc(-c2c(Cl)cccc2Cl)c1C(=O)NC(=S)Nc1sc2c(c1C(N)=O)CC[C@H](C)C2. The van der Waals surface area contributed by atoms with Gasteiger partial charge in [0.2, 0.25) is 0 Å². The molecule has 7 nitrogen and oxygen atoms in total. The van der Waals surface area contributed by atoms with Crippen LogP contribution in [-0.2, 0) is 12.8 Å². The normalized spacial score (nSPS) is 15.1. The number of nitrogens with one attached hydrogen (secondary N) is 2. The van der Waals surface area contributed by atoms with Gasteiger partial charge < -0.3 is 15.6 Å². The predicted octanol–water partition coefficient (Wildman–Crippen LogP) is 5.37. The highest BCUT2D eigenvalue weighted by atomic mass is 35.5. The summed E-state index contributed by atoms with van der Waals surface area (Å²) in [5, 5.41) is 10.8. The molecule has 0 unspecified atom stereocenters. The van der Waals surface area contributed by atoms with Gasteiger partial charge in [0.05, 0.1) is 15.6 Å². The molecule has 4 N–H and O–H groups in total. The number of carbonyl (C=O) groups excluding carboxylic acids is 2. The van der Waals surface area contributed by atoms with Crippen LogP contribution in [0.2, 0.25) is 10.0 Å². The number of rotatable bonds is 4. The number of aryl methyl sites for hydroxylation is 1. The minimum absolute atomic E-state index is 0.0194. The molecule has 0 fully saturated rings. The lowest BCUT2D eigenvalue weighted by molar-refractivity contribution is 0.0974. The van der Waals surface area contributed by atoms with Crippen LogP contribution in [0.1, 0.15) is 50.3 Å². The summed E-state index contributed by atoms with van der Waals surface area (Å²) in [6, 6.07) is 4.98. The molecular formula is C22H20Cl2N4O3S2. The quantitative estimate of drug-likeness (QED) is 0.397. The fourth-order valence-electron chi connectivity index (χ4n) is 3.93. The summed E-state index contributed by atoms with van der Waals surface area (Å²) in [6.07, 6.45) is 2.65. The highest BCUT2D eigenvalue weighted by molar-refractivity contribution is 7.80. The molecule has 33 heavy (non-hydrogen) atoms. The van der Waals surface area contributed by atoms with E-state index in [1.165, 1.54) is 11.3 Å². The van der Waals surface area contributed by atoms with Crippen molar-refractivity contribution in [3.8, 4) is 11.3 Å². The molecule has 0 radical (unpaired) electrons. The molecular weight excluding hydrogens is 503 g/mol. The second kappa shape index (κ2) is 9.42. The molecule has 0 spiro atoms. The van der Waals surface area contributed by atoms with E-state index in [9.17, 15) is 9.59 Å². The van der Waals surface area contributed by atoms with Crippen LogP contribution in [0.15, 0.2) is 22.7 Å². The van der Waals surface area contributed by atoms with Crippen LogP contribution in [0.4, 0.5) is 5.00 Å². The fraction of sp³-hybridized carbons (Fsp3) is 0.273. The fourth-order valence-corrected chi connectivity index (χ4v) is 6.19. The van der Waals surface area contributed by atoms with E-state index in [0.29, 0.717) is 32.1 Å². The first-order valence-corrected chi connectivity index (χ1v) is 12.1. The third-order valence-corrected chi connectivity index (χ3v) is 7.51. The van der Waals surface area contributed by atoms with Crippen molar-refractivity contribution in [3.05, 3.63) is 55.6 Å². The van der Waals surface area contributed by atoms with E-state index in [-0.39, 0.29) is 22.1 Å². The Morgan fingerprint density at radius 1 is 1.27 bits per heavy atom. The Morgan fingerprint density at radius 2 is 1.97 bits per heavy atom. The molecule has 1 aliphatic carbocycles. The number of primary amides is 1. The molecule has 1 aliphatic rings. The maximum absolute atomic E-state index is 13.1. The highest BCUT2D eigenvalue weighted by Gasteiger charge is 2.28. The number of thiophene rings is 1. The summed E-state index contributed by atoms with van der Waals surface area (Å²) in [5.41, 5.74) is 7.81. The number of benzene rings is 1. The van der Waals surface area contributed by atoms with Crippen LogP contribution in [-0.4, -0.2) is 22.1 Å². The number of nitrogens with two attached hydrogens (primary N) is 1. The number of nitrogens with zero attached hydrogens (tertiary/aromatic N) is 1. The zero-order valence-electron chi connectivity index (χ0n) is 17.8. The first-order chi connectivity index (χ1) is 15.7. The molecule has 1 aromatic carbocycles. The molecule has 0 saturated carbocycles. The average molecular weight is 523 g/mol. The van der Waals surface area contributed by atoms with Crippen molar-refractivity contribution < 1.29 is 14.1 Å². The van der Waals surface area contributed by atoms with Crippen molar-refractivity contribution in [2.24, 2.45) is 11.7 Å². The Labute approximate surface area is 209 Å². The van der Waals surface area contributed by atoms with Gasteiger partial charge in [0, 0.05) is 10.4 Å². The lowest BCUT2D eigenvalue weighted by Crippen LogP contribution is -2.35. The number of carbonyl (C=O) groups is 2. The van der Waals surface area contributed by atoms with Crippen molar-refractivity contribution in [1.82, 2.24) is 10.5 Å². The van der Waals surface area contributed by atoms with Gasteiger partial charge in [0.15, 0.2) is 5.11 Å². The van der Waals surface area contributed by atoms with Crippen LogP contribution in [0.25, 0.3) is 11.3 Å². The van der Waals surface area contributed by atoms with E-state index in [1.54, 1.807) is 25.1 Å². The van der Waals surface area contributed by atoms with Gasteiger partial charge in [-0.05, 0) is 62.0 Å². The topological polar surface area (TPSA) is 110 Å². The van der Waals surface area contributed by atoms with Gasteiger partial charge in [-0.1, -0.05) is 41.3 Å². The number of halogens is 2. The number of fused-ring (bicyclic) bond motifs is 1. The summed E-state index contributed by atoms with van der Waals surface area (Å²) in [4.78, 5) is 26.4. The number of hydrogen-bond donors (Lipinski definition) is 3. The number of amides is 2. The Bertz CT molecular complexity index is 1260. The van der Waals surface area contributed by atoms with Crippen LogP contribution in [0.5, 0.6) is 0 Å². The lowest BCUT2D eigenvalue weighted by atomic mass is 9.88. The summed E-state index contributed by atoms with van der Waals surface area (Å²) in [6.45, 7) is 3.78. The minimum atomic E-state index is -0.548. The first-order valence-electron chi connectivity index (χ1n) is 10.1. The second-order valence-corrected chi connectivity index (χ2v) is 10.2. The van der Waals surface area contributed by atoms with Gasteiger partial charge in [-0.25, -0.2) is 0 Å². The van der Waals surface area contributed by atoms with Crippen LogP contribution < -0.4 is 16.4 Å².